The van der Waals surface area contributed by atoms with Gasteiger partial charge in [0.05, 0.1) is 24.9 Å². The number of ether oxygens (including phenoxy) is 2. The first-order valence-corrected chi connectivity index (χ1v) is 4.88. The summed E-state index contributed by atoms with van der Waals surface area (Å²) in [7, 11) is 2.70. The molecule has 1 N–H and O–H groups in total. The van der Waals surface area contributed by atoms with Crippen LogP contribution in [-0.2, 0) is 4.79 Å². The Hall–Kier alpha value is -1.56. The van der Waals surface area contributed by atoms with Crippen LogP contribution in [0.5, 0.6) is 11.5 Å². The lowest BCUT2D eigenvalue weighted by Gasteiger charge is -2.12. The number of carbonyl (C=O) groups is 1. The van der Waals surface area contributed by atoms with E-state index in [1.165, 1.54) is 26.4 Å². The van der Waals surface area contributed by atoms with Gasteiger partial charge < -0.3 is 14.8 Å². The Morgan fingerprint density at radius 2 is 1.88 bits per heavy atom. The van der Waals surface area contributed by atoms with Crippen molar-refractivity contribution in [3.05, 3.63) is 17.2 Å². The van der Waals surface area contributed by atoms with E-state index in [1.807, 2.05) is 5.32 Å². The van der Waals surface area contributed by atoms with Crippen molar-refractivity contribution in [2.45, 2.75) is 6.43 Å². The summed E-state index contributed by atoms with van der Waals surface area (Å²) in [5, 5.41) is 2.26. The van der Waals surface area contributed by atoms with Gasteiger partial charge in [-0.15, -0.1) is 0 Å². The van der Waals surface area contributed by atoms with Crippen LogP contribution in [0.4, 0.5) is 14.5 Å². The van der Waals surface area contributed by atoms with Gasteiger partial charge in [-0.05, 0) is 0 Å². The molecule has 0 fully saturated rings. The number of hydrogen-bond acceptors (Lipinski definition) is 3. The van der Waals surface area contributed by atoms with E-state index >= 15 is 0 Å². The largest absolute Gasteiger partial charge is 0.495 e. The molecule has 1 aromatic rings. The minimum absolute atomic E-state index is 0.0686. The number of methoxy groups -OCH3 is 2. The molecular weight excluding hydrogens is 256 g/mol. The van der Waals surface area contributed by atoms with E-state index in [-0.39, 0.29) is 22.2 Å². The van der Waals surface area contributed by atoms with Crippen molar-refractivity contribution in [3.63, 3.8) is 0 Å². The molecule has 0 aromatic heterocycles. The van der Waals surface area contributed by atoms with Gasteiger partial charge in [-0.2, -0.15) is 8.78 Å². The number of rotatable bonds is 4. The summed E-state index contributed by atoms with van der Waals surface area (Å²) in [5.74, 6) is -1.01. The first-order chi connectivity index (χ1) is 7.99. The molecule has 0 aliphatic carbocycles. The van der Waals surface area contributed by atoms with Crippen LogP contribution in [0.2, 0.25) is 5.02 Å². The first kappa shape index (κ1) is 13.5. The summed E-state index contributed by atoms with van der Waals surface area (Å²) in [5.41, 5.74) is 0.0686. The lowest BCUT2D eigenvalue weighted by atomic mass is 10.2. The minimum Gasteiger partial charge on any atom is -0.495 e. The number of halogens is 3. The second kappa shape index (κ2) is 5.67. The van der Waals surface area contributed by atoms with Gasteiger partial charge in [0.2, 0.25) is 0 Å². The number of benzene rings is 1. The number of nitrogens with one attached hydrogen (secondary N) is 1. The van der Waals surface area contributed by atoms with Crippen LogP contribution in [0, 0.1) is 0 Å². The Balaban J connectivity index is 3.08. The van der Waals surface area contributed by atoms with E-state index < -0.39 is 12.3 Å². The van der Waals surface area contributed by atoms with Gasteiger partial charge in [0.15, 0.2) is 0 Å². The van der Waals surface area contributed by atoms with Crippen LogP contribution in [-0.4, -0.2) is 26.6 Å². The van der Waals surface area contributed by atoms with Crippen molar-refractivity contribution in [2.75, 3.05) is 19.5 Å². The maximum Gasteiger partial charge on any atom is 0.315 e. The summed E-state index contributed by atoms with van der Waals surface area (Å²) in [6.07, 6.45) is -3.11. The molecule has 0 atom stereocenters. The van der Waals surface area contributed by atoms with Crippen LogP contribution in [0.3, 0.4) is 0 Å². The maximum atomic E-state index is 12.1. The van der Waals surface area contributed by atoms with E-state index in [1.54, 1.807) is 0 Å². The van der Waals surface area contributed by atoms with Crippen molar-refractivity contribution in [1.82, 2.24) is 0 Å². The highest BCUT2D eigenvalue weighted by Gasteiger charge is 2.18. The Morgan fingerprint density at radius 3 is 2.35 bits per heavy atom. The van der Waals surface area contributed by atoms with Crippen LogP contribution < -0.4 is 14.8 Å². The van der Waals surface area contributed by atoms with E-state index in [2.05, 4.69) is 0 Å². The third kappa shape index (κ3) is 3.20. The van der Waals surface area contributed by atoms with Crippen LogP contribution in [0.15, 0.2) is 12.1 Å². The lowest BCUT2D eigenvalue weighted by Crippen LogP contribution is -2.20. The Labute approximate surface area is 101 Å². The first-order valence-electron chi connectivity index (χ1n) is 4.50. The minimum atomic E-state index is -3.11. The summed E-state index contributed by atoms with van der Waals surface area (Å²) in [4.78, 5) is 10.9. The summed E-state index contributed by atoms with van der Waals surface area (Å²) in [6.45, 7) is 0. The fourth-order valence-corrected chi connectivity index (χ4v) is 1.38. The SMILES string of the molecule is COc1cc(NC(=O)C(F)F)c(OC)cc1Cl. The van der Waals surface area contributed by atoms with E-state index in [9.17, 15) is 13.6 Å². The average molecular weight is 266 g/mol. The van der Waals surface area contributed by atoms with Crippen molar-refractivity contribution < 1.29 is 23.0 Å². The topological polar surface area (TPSA) is 47.6 Å². The smallest absolute Gasteiger partial charge is 0.315 e. The zero-order valence-corrected chi connectivity index (χ0v) is 9.85. The number of carbonyl (C=O) groups excluding carboxylic acids is 1. The zero-order chi connectivity index (χ0) is 13.0. The molecule has 0 aliphatic rings. The van der Waals surface area contributed by atoms with Crippen LogP contribution in [0.1, 0.15) is 0 Å². The second-order valence-corrected chi connectivity index (χ2v) is 3.38. The standard InChI is InChI=1S/C10H10ClF2NO3/c1-16-7-4-6(14-10(15)9(12)13)8(17-2)3-5(7)11/h3-4,9H,1-2H3,(H,14,15). The van der Waals surface area contributed by atoms with Crippen molar-refractivity contribution in [1.29, 1.82) is 0 Å². The Kier molecular flexibility index (Phi) is 4.51. The third-order valence-electron chi connectivity index (χ3n) is 1.93. The molecule has 0 saturated carbocycles. The number of amides is 1. The maximum absolute atomic E-state index is 12.1. The molecule has 0 heterocycles. The number of anilines is 1. The van der Waals surface area contributed by atoms with Gasteiger partial charge in [0.25, 0.3) is 5.91 Å². The Morgan fingerprint density at radius 1 is 1.29 bits per heavy atom. The molecule has 4 nitrogen and oxygen atoms in total. The average Bonchev–Trinajstić information content (AvgIpc) is 2.30. The summed E-state index contributed by atoms with van der Waals surface area (Å²) < 4.78 is 34.0. The summed E-state index contributed by atoms with van der Waals surface area (Å²) >= 11 is 5.81. The van der Waals surface area contributed by atoms with E-state index in [0.717, 1.165) is 0 Å². The van der Waals surface area contributed by atoms with Gasteiger partial charge in [0, 0.05) is 12.1 Å². The summed E-state index contributed by atoms with van der Waals surface area (Å²) in [6, 6.07) is 2.67. The molecule has 1 rings (SSSR count). The lowest BCUT2D eigenvalue weighted by molar-refractivity contribution is -0.126. The van der Waals surface area contributed by atoms with Crippen molar-refractivity contribution >= 4 is 23.2 Å². The van der Waals surface area contributed by atoms with Crippen molar-refractivity contribution in [3.8, 4) is 11.5 Å². The molecule has 0 aliphatic heterocycles. The molecular formula is C10H10ClF2NO3. The quantitative estimate of drug-likeness (QED) is 0.910. The van der Waals surface area contributed by atoms with E-state index in [4.69, 9.17) is 21.1 Å². The van der Waals surface area contributed by atoms with E-state index in [0.29, 0.717) is 0 Å². The molecule has 7 heteroatoms. The molecule has 94 valence electrons. The van der Waals surface area contributed by atoms with Crippen LogP contribution >= 0.6 is 11.6 Å². The molecule has 17 heavy (non-hydrogen) atoms. The monoisotopic (exact) mass is 265 g/mol. The highest BCUT2D eigenvalue weighted by Crippen LogP contribution is 2.35. The molecule has 1 amide bonds. The molecule has 0 bridgehead atoms. The van der Waals surface area contributed by atoms with Gasteiger partial charge in [-0.3, -0.25) is 4.79 Å². The highest BCUT2D eigenvalue weighted by molar-refractivity contribution is 6.32. The third-order valence-corrected chi connectivity index (χ3v) is 2.23. The van der Waals surface area contributed by atoms with Gasteiger partial charge in [0.1, 0.15) is 11.5 Å². The fraction of sp³-hybridized carbons (Fsp3) is 0.300. The predicted molar refractivity (Wildman–Crippen MR) is 59.2 cm³/mol. The van der Waals surface area contributed by atoms with Gasteiger partial charge in [-0.1, -0.05) is 11.6 Å². The van der Waals surface area contributed by atoms with Crippen LogP contribution in [0.25, 0.3) is 0 Å². The molecule has 1 aromatic carbocycles. The predicted octanol–water partition coefficient (Wildman–Crippen LogP) is 2.56. The number of alkyl halides is 2. The Bertz CT molecular complexity index is 426. The van der Waals surface area contributed by atoms with Crippen molar-refractivity contribution in [2.24, 2.45) is 0 Å². The number of hydrogen-bond donors (Lipinski definition) is 1. The van der Waals surface area contributed by atoms with Gasteiger partial charge >= 0.3 is 6.43 Å². The molecule has 0 radical (unpaired) electrons. The second-order valence-electron chi connectivity index (χ2n) is 2.98. The molecule has 0 unspecified atom stereocenters. The highest BCUT2D eigenvalue weighted by atomic mass is 35.5. The molecule has 0 saturated heterocycles. The van der Waals surface area contributed by atoms with Gasteiger partial charge in [-0.25, -0.2) is 0 Å². The zero-order valence-electron chi connectivity index (χ0n) is 9.09. The fourth-order valence-electron chi connectivity index (χ4n) is 1.15. The normalized spacial score (nSPS) is 10.2. The molecule has 0 spiro atoms.